The number of hydrazine groups is 1. The zero-order valence-corrected chi connectivity index (χ0v) is 13.2. The Morgan fingerprint density at radius 3 is 2.70 bits per heavy atom. The van der Waals surface area contributed by atoms with Crippen molar-refractivity contribution in [1.29, 1.82) is 0 Å². The lowest BCUT2D eigenvalue weighted by molar-refractivity contribution is -0.120. The van der Waals surface area contributed by atoms with Gasteiger partial charge in [-0.15, -0.1) is 0 Å². The van der Waals surface area contributed by atoms with E-state index in [2.05, 4.69) is 31.9 Å². The zero-order valence-electron chi connectivity index (χ0n) is 13.2. The lowest BCUT2D eigenvalue weighted by Crippen LogP contribution is -2.30. The Morgan fingerprint density at radius 1 is 1.17 bits per heavy atom. The summed E-state index contributed by atoms with van der Waals surface area (Å²) in [7, 11) is 0. The van der Waals surface area contributed by atoms with E-state index in [1.807, 2.05) is 44.3 Å². The third-order valence-electron chi connectivity index (χ3n) is 3.59. The number of aryl methyl sites for hydroxylation is 3. The van der Waals surface area contributed by atoms with Crippen LogP contribution in [0.2, 0.25) is 0 Å². The van der Waals surface area contributed by atoms with Gasteiger partial charge in [0.25, 0.3) is 0 Å². The molecule has 0 radical (unpaired) electrons. The number of carbonyl (C=O) groups excluding carboxylic acids is 1. The number of hydrogen-bond acceptors (Lipinski definition) is 4. The first-order chi connectivity index (χ1) is 11.1. The van der Waals surface area contributed by atoms with Gasteiger partial charge < -0.3 is 4.98 Å². The number of carbonyl (C=O) groups is 1. The molecule has 0 aliphatic heterocycles. The summed E-state index contributed by atoms with van der Waals surface area (Å²) in [6.07, 6.45) is 3.02. The molecule has 23 heavy (non-hydrogen) atoms. The highest BCUT2D eigenvalue weighted by Crippen LogP contribution is 2.18. The Kier molecular flexibility index (Phi) is 4.23. The average Bonchev–Trinajstić information content (AvgIpc) is 2.93. The van der Waals surface area contributed by atoms with Crippen LogP contribution in [0.15, 0.2) is 36.5 Å². The number of nitrogens with one attached hydrogen (secondary N) is 3. The number of benzene rings is 1. The molecule has 0 saturated carbocycles. The summed E-state index contributed by atoms with van der Waals surface area (Å²) in [5, 5.41) is 1.16. The minimum atomic E-state index is -0.0990. The Balaban J connectivity index is 1.55. The summed E-state index contributed by atoms with van der Waals surface area (Å²) in [6.45, 7) is 3.78. The highest BCUT2D eigenvalue weighted by atomic mass is 16.2. The normalized spacial score (nSPS) is 10.7. The second-order valence-electron chi connectivity index (χ2n) is 5.51. The lowest BCUT2D eigenvalue weighted by Gasteiger charge is -2.08. The topological polar surface area (TPSA) is 82.7 Å². The first-order valence-corrected chi connectivity index (χ1v) is 7.54. The van der Waals surface area contributed by atoms with Crippen LogP contribution in [0.3, 0.4) is 0 Å². The number of para-hydroxylation sites is 1. The van der Waals surface area contributed by atoms with Gasteiger partial charge in [0.15, 0.2) is 0 Å². The predicted octanol–water partition coefficient (Wildman–Crippen LogP) is 2.65. The van der Waals surface area contributed by atoms with Crippen molar-refractivity contribution in [2.45, 2.75) is 26.7 Å². The molecule has 3 aromatic rings. The molecule has 0 fully saturated rings. The highest BCUT2D eigenvalue weighted by Gasteiger charge is 2.07. The molecule has 6 nitrogen and oxygen atoms in total. The van der Waals surface area contributed by atoms with Gasteiger partial charge in [-0.1, -0.05) is 18.2 Å². The van der Waals surface area contributed by atoms with Crippen molar-refractivity contribution in [2.24, 2.45) is 0 Å². The molecule has 0 bridgehead atoms. The van der Waals surface area contributed by atoms with Crippen LogP contribution in [0.4, 0.5) is 5.95 Å². The lowest BCUT2D eigenvalue weighted by atomic mass is 10.1. The monoisotopic (exact) mass is 309 g/mol. The van der Waals surface area contributed by atoms with Gasteiger partial charge in [0.1, 0.15) is 0 Å². The zero-order chi connectivity index (χ0) is 16.2. The van der Waals surface area contributed by atoms with Crippen LogP contribution in [0, 0.1) is 13.8 Å². The molecule has 0 spiro atoms. The van der Waals surface area contributed by atoms with Gasteiger partial charge in [-0.25, -0.2) is 9.97 Å². The molecule has 0 aliphatic rings. The maximum atomic E-state index is 12.0. The smallest absolute Gasteiger partial charge is 0.242 e. The second-order valence-corrected chi connectivity index (χ2v) is 5.51. The van der Waals surface area contributed by atoms with Crippen molar-refractivity contribution in [1.82, 2.24) is 20.4 Å². The molecular formula is C17H19N5O. The molecule has 3 N–H and O–H groups in total. The molecule has 118 valence electrons. The van der Waals surface area contributed by atoms with Gasteiger partial charge in [-0.2, -0.15) is 0 Å². The number of rotatable bonds is 5. The van der Waals surface area contributed by atoms with E-state index >= 15 is 0 Å². The number of hydrogen-bond donors (Lipinski definition) is 3. The van der Waals surface area contributed by atoms with Crippen molar-refractivity contribution in [3.63, 3.8) is 0 Å². The molecule has 0 saturated heterocycles. The Morgan fingerprint density at radius 2 is 1.91 bits per heavy atom. The first-order valence-electron chi connectivity index (χ1n) is 7.54. The number of aromatic amines is 1. The van der Waals surface area contributed by atoms with Gasteiger partial charge in [-0.05, 0) is 38.0 Å². The van der Waals surface area contributed by atoms with Crippen molar-refractivity contribution in [3.8, 4) is 0 Å². The summed E-state index contributed by atoms with van der Waals surface area (Å²) < 4.78 is 0. The van der Waals surface area contributed by atoms with Crippen LogP contribution in [0.5, 0.6) is 0 Å². The second kappa shape index (κ2) is 6.48. The molecule has 1 aromatic carbocycles. The Labute approximate surface area is 134 Å². The van der Waals surface area contributed by atoms with E-state index in [1.165, 1.54) is 0 Å². The summed E-state index contributed by atoms with van der Waals surface area (Å²) in [5.41, 5.74) is 9.34. The van der Waals surface area contributed by atoms with Gasteiger partial charge >= 0.3 is 0 Å². The number of H-pyrrole nitrogens is 1. The van der Waals surface area contributed by atoms with E-state index < -0.39 is 0 Å². The van der Waals surface area contributed by atoms with Crippen LogP contribution in [-0.4, -0.2) is 20.9 Å². The molecule has 1 amide bonds. The fourth-order valence-corrected chi connectivity index (χ4v) is 2.56. The molecule has 6 heteroatoms. The van der Waals surface area contributed by atoms with Gasteiger partial charge in [-0.3, -0.25) is 15.6 Å². The maximum absolute atomic E-state index is 12.0. The standard InChI is InChI=1S/C17H19N5O/c1-11-9-12(2)20-17(19-11)22-21-16(23)8-7-13-10-18-15-6-4-3-5-14(13)15/h3-6,9-10,18H,7-8H2,1-2H3,(H,21,23)(H,19,20,22). The van der Waals surface area contributed by atoms with Gasteiger partial charge in [0, 0.05) is 34.9 Å². The van der Waals surface area contributed by atoms with Crippen LogP contribution >= 0.6 is 0 Å². The quantitative estimate of drug-likeness (QED) is 0.633. The van der Waals surface area contributed by atoms with Crippen molar-refractivity contribution < 1.29 is 4.79 Å². The molecule has 0 unspecified atom stereocenters. The number of nitrogens with zero attached hydrogens (tertiary/aromatic N) is 2. The van der Waals surface area contributed by atoms with Crippen LogP contribution in [0.25, 0.3) is 10.9 Å². The van der Waals surface area contributed by atoms with E-state index in [4.69, 9.17) is 0 Å². The minimum absolute atomic E-state index is 0.0990. The first kappa shape index (κ1) is 15.0. The van der Waals surface area contributed by atoms with Crippen molar-refractivity contribution in [2.75, 3.05) is 5.43 Å². The predicted molar refractivity (Wildman–Crippen MR) is 89.9 cm³/mol. The molecular weight excluding hydrogens is 290 g/mol. The van der Waals surface area contributed by atoms with Crippen LogP contribution in [0.1, 0.15) is 23.4 Å². The number of aromatic nitrogens is 3. The van der Waals surface area contributed by atoms with E-state index in [1.54, 1.807) is 0 Å². The highest BCUT2D eigenvalue weighted by molar-refractivity contribution is 5.84. The molecule has 2 aromatic heterocycles. The molecule has 2 heterocycles. The average molecular weight is 309 g/mol. The van der Waals surface area contributed by atoms with E-state index in [0.717, 1.165) is 27.9 Å². The van der Waals surface area contributed by atoms with E-state index in [0.29, 0.717) is 18.8 Å². The van der Waals surface area contributed by atoms with Gasteiger partial charge in [0.05, 0.1) is 0 Å². The Hall–Kier alpha value is -2.89. The largest absolute Gasteiger partial charge is 0.361 e. The Bertz CT molecular complexity index is 820. The van der Waals surface area contributed by atoms with E-state index in [-0.39, 0.29) is 5.91 Å². The third kappa shape index (κ3) is 3.66. The fraction of sp³-hybridized carbons (Fsp3) is 0.235. The maximum Gasteiger partial charge on any atom is 0.242 e. The third-order valence-corrected chi connectivity index (χ3v) is 3.59. The number of anilines is 1. The molecule has 0 aliphatic carbocycles. The van der Waals surface area contributed by atoms with E-state index in [9.17, 15) is 4.79 Å². The summed E-state index contributed by atoms with van der Waals surface area (Å²) >= 11 is 0. The van der Waals surface area contributed by atoms with Gasteiger partial charge in [0.2, 0.25) is 11.9 Å². The fourth-order valence-electron chi connectivity index (χ4n) is 2.56. The van der Waals surface area contributed by atoms with Crippen molar-refractivity contribution in [3.05, 3.63) is 53.5 Å². The number of amides is 1. The number of fused-ring (bicyclic) bond motifs is 1. The van der Waals surface area contributed by atoms with Crippen molar-refractivity contribution >= 4 is 22.8 Å². The van der Waals surface area contributed by atoms with Crippen LogP contribution in [-0.2, 0) is 11.2 Å². The SMILES string of the molecule is Cc1cc(C)nc(NNC(=O)CCc2c[nH]c3ccccc23)n1. The summed E-state index contributed by atoms with van der Waals surface area (Å²) in [6, 6.07) is 9.95. The van der Waals surface area contributed by atoms with Crippen LogP contribution < -0.4 is 10.9 Å². The molecule has 3 rings (SSSR count). The minimum Gasteiger partial charge on any atom is -0.361 e. The molecule has 0 atom stereocenters. The summed E-state index contributed by atoms with van der Waals surface area (Å²) in [4.78, 5) is 23.6. The summed E-state index contributed by atoms with van der Waals surface area (Å²) in [5.74, 6) is 0.306.